The quantitative estimate of drug-likeness (QED) is 0.758. The van der Waals surface area contributed by atoms with Crippen LogP contribution in [-0.4, -0.2) is 71.4 Å². The molecule has 8 heteroatoms. The minimum atomic E-state index is -0.223. The molecule has 1 N–H and O–H groups in total. The average molecular weight is 422 g/mol. The van der Waals surface area contributed by atoms with Crippen LogP contribution in [0.5, 0.6) is 5.75 Å². The van der Waals surface area contributed by atoms with Gasteiger partial charge < -0.3 is 10.1 Å². The summed E-state index contributed by atoms with van der Waals surface area (Å²) in [6.07, 6.45) is 8.09. The molecule has 1 aromatic heterocycles. The van der Waals surface area contributed by atoms with E-state index in [0.29, 0.717) is 17.9 Å². The van der Waals surface area contributed by atoms with E-state index < -0.39 is 0 Å². The van der Waals surface area contributed by atoms with Crippen molar-refractivity contribution in [3.63, 3.8) is 0 Å². The summed E-state index contributed by atoms with van der Waals surface area (Å²) in [6, 6.07) is 3.59. The van der Waals surface area contributed by atoms with Gasteiger partial charge in [0.15, 0.2) is 0 Å². The summed E-state index contributed by atoms with van der Waals surface area (Å²) < 4.78 is 6.06. The van der Waals surface area contributed by atoms with Gasteiger partial charge in [-0.15, -0.1) is 0 Å². The van der Waals surface area contributed by atoms with Crippen LogP contribution in [-0.2, 0) is 4.79 Å². The Bertz CT molecular complexity index is 1010. The average Bonchev–Trinajstić information content (AvgIpc) is 2.79. The number of fused-ring (bicyclic) bond motifs is 1. The number of carbonyl (C=O) groups is 2. The molecule has 1 fully saturated rings. The first-order valence-electron chi connectivity index (χ1n) is 10.6. The lowest BCUT2D eigenvalue weighted by molar-refractivity contribution is -0.114. The summed E-state index contributed by atoms with van der Waals surface area (Å²) in [5.74, 6) is 0.265. The van der Waals surface area contributed by atoms with E-state index in [9.17, 15) is 9.59 Å². The second-order valence-electron chi connectivity index (χ2n) is 7.98. The molecule has 1 aromatic rings. The van der Waals surface area contributed by atoms with Gasteiger partial charge in [0.25, 0.3) is 11.8 Å². The first-order valence-corrected chi connectivity index (χ1v) is 10.6. The first kappa shape index (κ1) is 21.1. The lowest BCUT2D eigenvalue weighted by atomic mass is 9.91. The number of dihydropyridines is 2. The topological polar surface area (TPSA) is 96.2 Å². The molecule has 0 radical (unpaired) electrons. The highest BCUT2D eigenvalue weighted by Crippen LogP contribution is 2.29. The smallest absolute Gasteiger partial charge is 0.272 e. The van der Waals surface area contributed by atoms with Gasteiger partial charge in [0.1, 0.15) is 23.6 Å². The van der Waals surface area contributed by atoms with E-state index in [0.717, 1.165) is 23.4 Å². The summed E-state index contributed by atoms with van der Waals surface area (Å²) >= 11 is 0. The first-order chi connectivity index (χ1) is 14.9. The van der Waals surface area contributed by atoms with Gasteiger partial charge in [0, 0.05) is 37.5 Å². The Labute approximate surface area is 181 Å². The number of rotatable bonds is 6. The SMILES string of the molecule is CCC1=CC2N=CC([C@H](C)N3C[C@H](Oc4ccc(C(=O)NC)nc4)[C@H]3C)=CC2=NC1=O. The Morgan fingerprint density at radius 2 is 2.19 bits per heavy atom. The molecule has 4 rings (SSSR count). The third-order valence-corrected chi connectivity index (χ3v) is 6.16. The van der Waals surface area contributed by atoms with Crippen molar-refractivity contribution in [2.75, 3.05) is 13.6 Å². The molecule has 0 aromatic carbocycles. The number of nitrogens with one attached hydrogen (secondary N) is 1. The summed E-state index contributed by atoms with van der Waals surface area (Å²) in [4.78, 5) is 39.1. The number of hydrogen-bond acceptors (Lipinski definition) is 6. The molecule has 31 heavy (non-hydrogen) atoms. The number of pyridine rings is 1. The van der Waals surface area contributed by atoms with E-state index in [2.05, 4.69) is 39.0 Å². The Morgan fingerprint density at radius 1 is 1.39 bits per heavy atom. The largest absolute Gasteiger partial charge is 0.486 e. The predicted molar refractivity (Wildman–Crippen MR) is 119 cm³/mol. The Kier molecular flexibility index (Phi) is 5.82. The molecule has 4 atom stereocenters. The Morgan fingerprint density at radius 3 is 2.84 bits per heavy atom. The standard InChI is InChI=1S/C23H27N5O3/c1-5-15-8-19-20(27-22(15)29)9-16(10-25-19)13(2)28-12-21(14(28)3)31-17-6-7-18(26-11-17)23(30)24-4/h6-11,13-14,19,21H,5,12H2,1-4H3,(H,24,30)/t13-,14+,19?,21-/m0/s1. The lowest BCUT2D eigenvalue weighted by Gasteiger charge is -2.49. The van der Waals surface area contributed by atoms with Crippen molar-refractivity contribution in [2.24, 2.45) is 9.98 Å². The van der Waals surface area contributed by atoms with Crippen LogP contribution in [0.4, 0.5) is 0 Å². The molecule has 3 aliphatic heterocycles. The number of nitrogens with zero attached hydrogens (tertiary/aromatic N) is 4. The molecular formula is C23H27N5O3. The highest BCUT2D eigenvalue weighted by molar-refractivity contribution is 6.17. The van der Waals surface area contributed by atoms with Crippen molar-refractivity contribution in [1.82, 2.24) is 15.2 Å². The summed E-state index contributed by atoms with van der Waals surface area (Å²) in [7, 11) is 1.57. The van der Waals surface area contributed by atoms with Crippen LogP contribution in [0.2, 0.25) is 0 Å². The Balaban J connectivity index is 1.37. The third-order valence-electron chi connectivity index (χ3n) is 6.16. The van der Waals surface area contributed by atoms with Crippen LogP contribution in [0, 0.1) is 0 Å². The minimum Gasteiger partial charge on any atom is -0.486 e. The van der Waals surface area contributed by atoms with E-state index in [1.165, 1.54) is 0 Å². The number of aliphatic imine (C=N–C) groups is 2. The monoisotopic (exact) mass is 421 g/mol. The highest BCUT2D eigenvalue weighted by Gasteiger charge is 2.41. The van der Waals surface area contributed by atoms with Crippen LogP contribution in [0.25, 0.3) is 0 Å². The number of ether oxygens (including phenoxy) is 1. The Hall–Kier alpha value is -3.13. The van der Waals surface area contributed by atoms with Crippen LogP contribution >= 0.6 is 0 Å². The molecule has 0 saturated carbocycles. The number of amides is 2. The van der Waals surface area contributed by atoms with Crippen molar-refractivity contribution in [3.8, 4) is 5.75 Å². The fraction of sp³-hybridized carbons (Fsp3) is 0.435. The van der Waals surface area contributed by atoms with Gasteiger partial charge in [0.2, 0.25) is 0 Å². The molecule has 1 saturated heterocycles. The maximum absolute atomic E-state index is 12.1. The number of hydrogen-bond donors (Lipinski definition) is 1. The van der Waals surface area contributed by atoms with Gasteiger partial charge in [-0.05, 0) is 50.1 Å². The molecule has 162 valence electrons. The zero-order valence-electron chi connectivity index (χ0n) is 18.2. The molecular weight excluding hydrogens is 394 g/mol. The normalized spacial score (nSPS) is 26.1. The fourth-order valence-electron chi connectivity index (χ4n) is 4.04. The van der Waals surface area contributed by atoms with E-state index in [1.54, 1.807) is 25.4 Å². The molecule has 2 amide bonds. The maximum atomic E-state index is 12.1. The summed E-state index contributed by atoms with van der Waals surface area (Å²) in [5.41, 5.74) is 2.84. The summed E-state index contributed by atoms with van der Waals surface area (Å²) in [6.45, 7) is 6.97. The molecule has 0 bridgehead atoms. The highest BCUT2D eigenvalue weighted by atomic mass is 16.5. The zero-order valence-corrected chi connectivity index (χ0v) is 18.2. The van der Waals surface area contributed by atoms with Crippen LogP contribution in [0.1, 0.15) is 37.7 Å². The van der Waals surface area contributed by atoms with Crippen molar-refractivity contribution >= 4 is 23.7 Å². The third kappa shape index (κ3) is 4.07. The second-order valence-corrected chi connectivity index (χ2v) is 7.98. The maximum Gasteiger partial charge on any atom is 0.272 e. The molecule has 0 aliphatic carbocycles. The second kappa shape index (κ2) is 8.55. The van der Waals surface area contributed by atoms with Gasteiger partial charge in [-0.2, -0.15) is 0 Å². The van der Waals surface area contributed by atoms with E-state index >= 15 is 0 Å². The van der Waals surface area contributed by atoms with E-state index in [1.807, 2.05) is 25.3 Å². The van der Waals surface area contributed by atoms with E-state index in [4.69, 9.17) is 4.74 Å². The van der Waals surface area contributed by atoms with Crippen molar-refractivity contribution < 1.29 is 14.3 Å². The summed E-state index contributed by atoms with van der Waals surface area (Å²) in [5, 5.41) is 2.55. The lowest BCUT2D eigenvalue weighted by Crippen LogP contribution is -2.64. The van der Waals surface area contributed by atoms with Crippen molar-refractivity contribution in [1.29, 1.82) is 0 Å². The van der Waals surface area contributed by atoms with Gasteiger partial charge in [-0.3, -0.25) is 19.5 Å². The predicted octanol–water partition coefficient (Wildman–Crippen LogP) is 1.98. The number of likely N-dealkylation sites (tertiary alicyclic amines) is 1. The molecule has 1 unspecified atom stereocenters. The van der Waals surface area contributed by atoms with E-state index in [-0.39, 0.29) is 36.0 Å². The van der Waals surface area contributed by atoms with Gasteiger partial charge >= 0.3 is 0 Å². The van der Waals surface area contributed by atoms with Crippen molar-refractivity contribution in [2.45, 2.75) is 51.4 Å². The van der Waals surface area contributed by atoms with Gasteiger partial charge in [0.05, 0.1) is 11.9 Å². The molecule has 0 spiro atoms. The minimum absolute atomic E-state index is 0.0348. The number of aromatic nitrogens is 1. The van der Waals surface area contributed by atoms with Crippen molar-refractivity contribution in [3.05, 3.63) is 47.3 Å². The fourth-order valence-corrected chi connectivity index (χ4v) is 4.04. The van der Waals surface area contributed by atoms with Gasteiger partial charge in [-0.25, -0.2) is 9.98 Å². The van der Waals surface area contributed by atoms with Gasteiger partial charge in [-0.1, -0.05) is 6.92 Å². The van der Waals surface area contributed by atoms with Crippen LogP contribution in [0.15, 0.2) is 51.6 Å². The molecule has 3 aliphatic rings. The van der Waals surface area contributed by atoms with Crippen LogP contribution < -0.4 is 10.1 Å². The molecule has 8 nitrogen and oxygen atoms in total. The molecule has 4 heterocycles. The van der Waals surface area contributed by atoms with Crippen LogP contribution in [0.3, 0.4) is 0 Å². The zero-order chi connectivity index (χ0) is 22.1. The number of carbonyl (C=O) groups excluding carboxylic acids is 2.